The van der Waals surface area contributed by atoms with Gasteiger partial charge in [0.05, 0.1) is 0 Å². The molecule has 0 heterocycles. The lowest BCUT2D eigenvalue weighted by Gasteiger charge is -2.16. The summed E-state index contributed by atoms with van der Waals surface area (Å²) in [7, 11) is 0. The standard InChI is InChI=1S/C14H23N/c1-10(2)12-6-5-7-13(11(3)4)14(15)9-8-12/h7-11H,5-6,15H2,1-4H3/b12-8-,13-7?,14-9?. The normalized spacial score (nSPS) is 21.6. The predicted octanol–water partition coefficient (Wildman–Crippen LogP) is 3.79. The van der Waals surface area contributed by atoms with Crippen LogP contribution in [0.15, 0.2) is 35.1 Å². The number of allylic oxidation sites excluding steroid dienone is 5. The number of nitrogens with two attached hydrogens (primary N) is 1. The van der Waals surface area contributed by atoms with Gasteiger partial charge in [-0.25, -0.2) is 0 Å². The molecular formula is C14H23N. The number of hydrogen-bond acceptors (Lipinski definition) is 1. The molecule has 0 aromatic heterocycles. The highest BCUT2D eigenvalue weighted by Crippen LogP contribution is 2.24. The van der Waals surface area contributed by atoms with Crippen LogP contribution in [0.4, 0.5) is 0 Å². The monoisotopic (exact) mass is 205 g/mol. The van der Waals surface area contributed by atoms with Crippen LogP contribution in [0.25, 0.3) is 0 Å². The predicted molar refractivity (Wildman–Crippen MR) is 67.3 cm³/mol. The highest BCUT2D eigenvalue weighted by atomic mass is 14.6. The van der Waals surface area contributed by atoms with Crippen molar-refractivity contribution in [3.8, 4) is 0 Å². The van der Waals surface area contributed by atoms with Gasteiger partial charge in [0.1, 0.15) is 0 Å². The summed E-state index contributed by atoms with van der Waals surface area (Å²) in [4.78, 5) is 0. The topological polar surface area (TPSA) is 26.0 Å². The van der Waals surface area contributed by atoms with Crippen LogP contribution in [0.3, 0.4) is 0 Å². The van der Waals surface area contributed by atoms with E-state index in [1.165, 1.54) is 11.1 Å². The number of rotatable bonds is 2. The van der Waals surface area contributed by atoms with Gasteiger partial charge in [-0.15, -0.1) is 0 Å². The molecule has 1 aliphatic rings. The molecular weight excluding hydrogens is 182 g/mol. The fourth-order valence-electron chi connectivity index (χ4n) is 1.94. The fourth-order valence-corrected chi connectivity index (χ4v) is 1.94. The Morgan fingerprint density at radius 2 is 1.73 bits per heavy atom. The molecule has 0 saturated heterocycles. The summed E-state index contributed by atoms with van der Waals surface area (Å²) in [5, 5.41) is 0. The maximum Gasteiger partial charge on any atom is 0.0345 e. The van der Waals surface area contributed by atoms with Gasteiger partial charge in [0.2, 0.25) is 0 Å². The molecule has 1 aliphatic carbocycles. The Hall–Kier alpha value is -0.980. The van der Waals surface area contributed by atoms with E-state index in [2.05, 4.69) is 45.9 Å². The second-order valence-electron chi connectivity index (χ2n) is 4.87. The van der Waals surface area contributed by atoms with E-state index in [0.29, 0.717) is 11.8 Å². The quantitative estimate of drug-likeness (QED) is 0.729. The second kappa shape index (κ2) is 5.20. The first-order valence-corrected chi connectivity index (χ1v) is 5.89. The minimum atomic E-state index is 0.523. The summed E-state index contributed by atoms with van der Waals surface area (Å²) < 4.78 is 0. The lowest BCUT2D eigenvalue weighted by atomic mass is 9.91. The van der Waals surface area contributed by atoms with Crippen molar-refractivity contribution in [2.45, 2.75) is 40.5 Å². The van der Waals surface area contributed by atoms with E-state index in [-0.39, 0.29) is 0 Å². The van der Waals surface area contributed by atoms with Crippen LogP contribution < -0.4 is 5.73 Å². The molecule has 0 radical (unpaired) electrons. The first-order valence-electron chi connectivity index (χ1n) is 5.89. The van der Waals surface area contributed by atoms with Crippen LogP contribution >= 0.6 is 0 Å². The largest absolute Gasteiger partial charge is 0.399 e. The molecule has 1 rings (SSSR count). The van der Waals surface area contributed by atoms with E-state index < -0.39 is 0 Å². The summed E-state index contributed by atoms with van der Waals surface area (Å²) in [6, 6.07) is 0. The van der Waals surface area contributed by atoms with Gasteiger partial charge < -0.3 is 5.73 Å². The molecule has 0 unspecified atom stereocenters. The Morgan fingerprint density at radius 3 is 2.27 bits per heavy atom. The zero-order chi connectivity index (χ0) is 11.4. The first kappa shape index (κ1) is 12.1. The molecule has 0 saturated carbocycles. The van der Waals surface area contributed by atoms with E-state index in [1.807, 2.05) is 0 Å². The summed E-state index contributed by atoms with van der Waals surface area (Å²) in [6.07, 6.45) is 8.85. The smallest absolute Gasteiger partial charge is 0.0345 e. The van der Waals surface area contributed by atoms with Crippen molar-refractivity contribution in [3.05, 3.63) is 35.1 Å². The minimum absolute atomic E-state index is 0.523. The van der Waals surface area contributed by atoms with Crippen LogP contribution in [0.1, 0.15) is 40.5 Å². The molecule has 0 amide bonds. The van der Waals surface area contributed by atoms with Crippen molar-refractivity contribution in [2.75, 3.05) is 0 Å². The average molecular weight is 205 g/mol. The van der Waals surface area contributed by atoms with Gasteiger partial charge in [0.15, 0.2) is 0 Å². The van der Waals surface area contributed by atoms with Crippen molar-refractivity contribution < 1.29 is 0 Å². The fraction of sp³-hybridized carbons (Fsp3) is 0.571. The average Bonchev–Trinajstić information content (AvgIpc) is 2.10. The Labute approximate surface area is 93.7 Å². The Kier molecular flexibility index (Phi) is 4.19. The third-order valence-electron chi connectivity index (χ3n) is 2.97. The maximum atomic E-state index is 6.06. The van der Waals surface area contributed by atoms with Crippen molar-refractivity contribution in [1.82, 2.24) is 0 Å². The van der Waals surface area contributed by atoms with Crippen molar-refractivity contribution in [3.63, 3.8) is 0 Å². The van der Waals surface area contributed by atoms with Crippen LogP contribution in [0.5, 0.6) is 0 Å². The van der Waals surface area contributed by atoms with Gasteiger partial charge in [0, 0.05) is 5.70 Å². The molecule has 1 nitrogen and oxygen atoms in total. The lowest BCUT2D eigenvalue weighted by Crippen LogP contribution is -2.08. The summed E-state index contributed by atoms with van der Waals surface area (Å²) >= 11 is 0. The SMILES string of the molecule is CC(C)C1=CCC/C(C(C)C)=C/C=C1N. The summed E-state index contributed by atoms with van der Waals surface area (Å²) in [5.74, 6) is 1.15. The highest BCUT2D eigenvalue weighted by molar-refractivity contribution is 5.35. The molecule has 0 aliphatic heterocycles. The van der Waals surface area contributed by atoms with Gasteiger partial charge in [0.25, 0.3) is 0 Å². The van der Waals surface area contributed by atoms with E-state index in [1.54, 1.807) is 0 Å². The number of hydrogen-bond donors (Lipinski definition) is 1. The van der Waals surface area contributed by atoms with Crippen LogP contribution in [-0.4, -0.2) is 0 Å². The Balaban J connectivity index is 2.92. The van der Waals surface area contributed by atoms with Gasteiger partial charge in [-0.3, -0.25) is 0 Å². The van der Waals surface area contributed by atoms with Crippen molar-refractivity contribution >= 4 is 0 Å². The third kappa shape index (κ3) is 3.26. The van der Waals surface area contributed by atoms with Gasteiger partial charge in [-0.2, -0.15) is 0 Å². The minimum Gasteiger partial charge on any atom is -0.399 e. The van der Waals surface area contributed by atoms with E-state index in [4.69, 9.17) is 5.73 Å². The van der Waals surface area contributed by atoms with Crippen molar-refractivity contribution in [2.24, 2.45) is 17.6 Å². The molecule has 0 bridgehead atoms. The summed E-state index contributed by atoms with van der Waals surface area (Å²) in [5.41, 5.74) is 9.79. The molecule has 0 aromatic rings. The molecule has 0 aromatic carbocycles. The molecule has 0 atom stereocenters. The zero-order valence-corrected chi connectivity index (χ0v) is 10.4. The molecule has 15 heavy (non-hydrogen) atoms. The van der Waals surface area contributed by atoms with Crippen LogP contribution in [0, 0.1) is 11.8 Å². The van der Waals surface area contributed by atoms with Gasteiger partial charge >= 0.3 is 0 Å². The Morgan fingerprint density at radius 1 is 1.07 bits per heavy atom. The maximum absolute atomic E-state index is 6.06. The molecule has 84 valence electrons. The molecule has 2 N–H and O–H groups in total. The van der Waals surface area contributed by atoms with Gasteiger partial charge in [-0.1, -0.05) is 45.4 Å². The first-order chi connectivity index (χ1) is 7.02. The van der Waals surface area contributed by atoms with Crippen LogP contribution in [-0.2, 0) is 0 Å². The highest BCUT2D eigenvalue weighted by Gasteiger charge is 2.09. The van der Waals surface area contributed by atoms with Gasteiger partial charge in [-0.05, 0) is 36.3 Å². The zero-order valence-electron chi connectivity index (χ0n) is 10.4. The lowest BCUT2D eigenvalue weighted by molar-refractivity contribution is 0.704. The molecule has 0 spiro atoms. The van der Waals surface area contributed by atoms with E-state index in [9.17, 15) is 0 Å². The molecule has 1 heteroatoms. The third-order valence-corrected chi connectivity index (χ3v) is 2.97. The molecule has 0 fully saturated rings. The van der Waals surface area contributed by atoms with E-state index in [0.717, 1.165) is 18.5 Å². The Bertz CT molecular complexity index is 303. The summed E-state index contributed by atoms with van der Waals surface area (Å²) in [6.45, 7) is 8.87. The van der Waals surface area contributed by atoms with Crippen molar-refractivity contribution in [1.29, 1.82) is 0 Å². The van der Waals surface area contributed by atoms with E-state index >= 15 is 0 Å². The van der Waals surface area contributed by atoms with Crippen LogP contribution in [0.2, 0.25) is 0 Å². The second-order valence-corrected chi connectivity index (χ2v) is 4.87.